The largest absolute Gasteiger partial charge is 0.492 e. The average molecular weight is 500 g/mol. The Hall–Kier alpha value is -4.34. The van der Waals surface area contributed by atoms with Crippen molar-refractivity contribution < 1.29 is 13.9 Å². The van der Waals surface area contributed by atoms with E-state index < -0.39 is 6.17 Å². The molecule has 0 aromatic carbocycles. The van der Waals surface area contributed by atoms with Gasteiger partial charge in [0, 0.05) is 24.6 Å². The van der Waals surface area contributed by atoms with Gasteiger partial charge in [0.1, 0.15) is 29.1 Å². The van der Waals surface area contributed by atoms with E-state index in [-0.39, 0.29) is 17.9 Å². The lowest BCUT2D eigenvalue weighted by atomic mass is 9.79. The topological polar surface area (TPSA) is 111 Å². The quantitative estimate of drug-likeness (QED) is 0.389. The molecule has 10 heteroatoms. The van der Waals surface area contributed by atoms with Gasteiger partial charge >= 0.3 is 0 Å². The molecule has 0 aliphatic heterocycles. The van der Waals surface area contributed by atoms with Crippen molar-refractivity contribution in [2.75, 3.05) is 6.61 Å². The lowest BCUT2D eigenvalue weighted by molar-refractivity contribution is 0.0903. The van der Waals surface area contributed by atoms with Gasteiger partial charge in [-0.2, -0.15) is 0 Å². The maximum atomic E-state index is 15.1. The van der Waals surface area contributed by atoms with Gasteiger partial charge in [0.2, 0.25) is 0 Å². The number of carbonyl (C=O) groups excluding carboxylic acids is 1. The summed E-state index contributed by atoms with van der Waals surface area (Å²) in [6.07, 6.45) is 9.23. The third-order valence-electron chi connectivity index (χ3n) is 6.76. The first-order valence-corrected chi connectivity index (χ1v) is 12.4. The average Bonchev–Trinajstić information content (AvgIpc) is 3.52. The number of rotatable bonds is 7. The molecular formula is C27H26FN7O2. The van der Waals surface area contributed by atoms with Crippen LogP contribution in [0.25, 0.3) is 28.2 Å². The predicted octanol–water partition coefficient (Wildman–Crippen LogP) is 4.43. The van der Waals surface area contributed by atoms with Crippen molar-refractivity contribution in [3.8, 4) is 17.3 Å². The number of pyridine rings is 2. The summed E-state index contributed by atoms with van der Waals surface area (Å²) in [4.78, 5) is 24.7. The zero-order chi connectivity index (χ0) is 25.4. The number of nitrogens with one attached hydrogen (secondary N) is 2. The number of nitrogens with zero attached hydrogens (tertiary/aromatic N) is 5. The van der Waals surface area contributed by atoms with Crippen LogP contribution in [0.5, 0.6) is 5.75 Å². The summed E-state index contributed by atoms with van der Waals surface area (Å²) in [6, 6.07) is 9.06. The molecule has 0 bridgehead atoms. The first-order chi connectivity index (χ1) is 18.1. The number of carbonyl (C=O) groups is 1. The molecular weight excluding hydrogens is 473 g/mol. The highest BCUT2D eigenvalue weighted by atomic mass is 19.1. The zero-order valence-corrected chi connectivity index (χ0v) is 20.3. The highest BCUT2D eigenvalue weighted by molar-refractivity contribution is 5.97. The van der Waals surface area contributed by atoms with Gasteiger partial charge in [0.05, 0.1) is 29.5 Å². The molecule has 1 fully saturated rings. The molecule has 2 aliphatic rings. The van der Waals surface area contributed by atoms with Crippen molar-refractivity contribution in [1.82, 2.24) is 35.0 Å². The molecule has 1 amide bonds. The second kappa shape index (κ2) is 9.61. The number of H-pyrrole nitrogens is 1. The minimum Gasteiger partial charge on any atom is -0.492 e. The Bertz CT molecular complexity index is 1470. The molecule has 1 saturated carbocycles. The van der Waals surface area contributed by atoms with Crippen LogP contribution in [-0.4, -0.2) is 54.4 Å². The first kappa shape index (κ1) is 23.1. The van der Waals surface area contributed by atoms with E-state index in [2.05, 4.69) is 30.5 Å². The van der Waals surface area contributed by atoms with E-state index in [1.54, 1.807) is 35.2 Å². The lowest BCUT2D eigenvalue weighted by Crippen LogP contribution is -2.44. The SMILES string of the molecule is CCOc1ccc(-c2nnc(C3CC(NC(=O)c4cc5ncccc5[nH]4)C3)n2C2=CC=CCC2F)nc1. The molecule has 9 nitrogen and oxygen atoms in total. The second-order valence-electron chi connectivity index (χ2n) is 9.21. The smallest absolute Gasteiger partial charge is 0.268 e. The van der Waals surface area contributed by atoms with Crippen LogP contribution in [0, 0.1) is 0 Å². The van der Waals surface area contributed by atoms with Gasteiger partial charge in [-0.1, -0.05) is 12.2 Å². The normalized spacial score (nSPS) is 20.9. The van der Waals surface area contributed by atoms with Crippen LogP contribution in [0.2, 0.25) is 0 Å². The Morgan fingerprint density at radius 3 is 2.89 bits per heavy atom. The van der Waals surface area contributed by atoms with Crippen molar-refractivity contribution >= 4 is 22.6 Å². The van der Waals surface area contributed by atoms with Gasteiger partial charge in [-0.3, -0.25) is 14.3 Å². The second-order valence-corrected chi connectivity index (χ2v) is 9.21. The van der Waals surface area contributed by atoms with Gasteiger partial charge in [-0.05, 0) is 56.2 Å². The molecule has 0 spiro atoms. The summed E-state index contributed by atoms with van der Waals surface area (Å²) in [5, 5.41) is 12.0. The standard InChI is InChI=1S/C27H26FN7O2/c1-2-37-18-9-10-21(30-15-18)26-34-33-25(35(26)24-8-4-3-6-19(24)28)16-12-17(13-16)31-27(36)23-14-22-20(32-23)7-5-11-29-22/h3-5,7-11,14-17,19,32H,2,6,12-13H2,1H3,(H,31,36). The van der Waals surface area contributed by atoms with Crippen LogP contribution in [-0.2, 0) is 0 Å². The Kier molecular flexibility index (Phi) is 5.99. The van der Waals surface area contributed by atoms with Crippen LogP contribution in [0.4, 0.5) is 4.39 Å². The number of hydrogen-bond acceptors (Lipinski definition) is 6. The van der Waals surface area contributed by atoms with Gasteiger partial charge in [0.25, 0.3) is 5.91 Å². The van der Waals surface area contributed by atoms with Crippen LogP contribution >= 0.6 is 0 Å². The fourth-order valence-electron chi connectivity index (χ4n) is 4.84. The Morgan fingerprint density at radius 2 is 2.14 bits per heavy atom. The van der Waals surface area contributed by atoms with Gasteiger partial charge in [0.15, 0.2) is 5.82 Å². The molecule has 4 aromatic heterocycles. The fourth-order valence-corrected chi connectivity index (χ4v) is 4.84. The van der Waals surface area contributed by atoms with Crippen LogP contribution in [0.3, 0.4) is 0 Å². The summed E-state index contributed by atoms with van der Waals surface area (Å²) in [6.45, 7) is 2.45. The minimum absolute atomic E-state index is 0.0181. The molecule has 1 atom stereocenters. The van der Waals surface area contributed by atoms with Crippen LogP contribution < -0.4 is 10.1 Å². The molecule has 4 heterocycles. The summed E-state index contributed by atoms with van der Waals surface area (Å²) in [5.41, 5.74) is 3.12. The number of ether oxygens (including phenoxy) is 1. The third-order valence-corrected chi connectivity index (χ3v) is 6.76. The number of fused-ring (bicyclic) bond motifs is 1. The molecule has 2 aliphatic carbocycles. The van der Waals surface area contributed by atoms with Crippen molar-refractivity contribution in [1.29, 1.82) is 0 Å². The molecule has 0 saturated heterocycles. The Balaban J connectivity index is 1.23. The number of aromatic amines is 1. The monoisotopic (exact) mass is 499 g/mol. The number of halogens is 1. The number of amides is 1. The first-order valence-electron chi connectivity index (χ1n) is 12.4. The minimum atomic E-state index is -1.17. The molecule has 1 unspecified atom stereocenters. The molecule has 2 N–H and O–H groups in total. The predicted molar refractivity (Wildman–Crippen MR) is 137 cm³/mol. The number of aromatic nitrogens is 6. The maximum Gasteiger partial charge on any atom is 0.268 e. The van der Waals surface area contributed by atoms with Crippen molar-refractivity contribution in [2.24, 2.45) is 0 Å². The highest BCUT2D eigenvalue weighted by Gasteiger charge is 2.37. The molecule has 0 radical (unpaired) electrons. The van der Waals surface area contributed by atoms with E-state index in [1.165, 1.54) is 0 Å². The fraction of sp³-hybridized carbons (Fsp3) is 0.296. The Morgan fingerprint density at radius 1 is 1.24 bits per heavy atom. The summed E-state index contributed by atoms with van der Waals surface area (Å²) in [7, 11) is 0. The highest BCUT2D eigenvalue weighted by Crippen LogP contribution is 2.40. The zero-order valence-electron chi connectivity index (χ0n) is 20.3. The van der Waals surface area contributed by atoms with E-state index in [1.807, 2.05) is 37.3 Å². The summed E-state index contributed by atoms with van der Waals surface area (Å²) < 4.78 is 22.4. The Labute approximate surface area is 212 Å². The summed E-state index contributed by atoms with van der Waals surface area (Å²) >= 11 is 0. The molecule has 188 valence electrons. The number of alkyl halides is 1. The van der Waals surface area contributed by atoms with E-state index >= 15 is 4.39 Å². The van der Waals surface area contributed by atoms with Gasteiger partial charge in [-0.15, -0.1) is 10.2 Å². The maximum absolute atomic E-state index is 15.1. The molecule has 6 rings (SSSR count). The lowest BCUT2D eigenvalue weighted by Gasteiger charge is -2.35. The van der Waals surface area contributed by atoms with E-state index in [4.69, 9.17) is 4.74 Å². The molecule has 4 aromatic rings. The van der Waals surface area contributed by atoms with Gasteiger partial charge in [-0.25, -0.2) is 9.37 Å². The third kappa shape index (κ3) is 4.39. The van der Waals surface area contributed by atoms with Gasteiger partial charge < -0.3 is 15.0 Å². The molecule has 37 heavy (non-hydrogen) atoms. The van der Waals surface area contributed by atoms with Crippen molar-refractivity contribution in [3.63, 3.8) is 0 Å². The van der Waals surface area contributed by atoms with Crippen LogP contribution in [0.15, 0.2) is 61.0 Å². The number of hydrogen-bond donors (Lipinski definition) is 2. The van der Waals surface area contributed by atoms with E-state index in [9.17, 15) is 4.79 Å². The van der Waals surface area contributed by atoms with Crippen LogP contribution in [0.1, 0.15) is 48.4 Å². The summed E-state index contributed by atoms with van der Waals surface area (Å²) in [5.74, 6) is 1.67. The van der Waals surface area contributed by atoms with E-state index in [0.717, 1.165) is 11.0 Å². The van der Waals surface area contributed by atoms with Crippen molar-refractivity contribution in [2.45, 2.75) is 44.3 Å². The van der Waals surface area contributed by atoms with Crippen molar-refractivity contribution in [3.05, 3.63) is 72.5 Å². The van der Waals surface area contributed by atoms with E-state index in [0.29, 0.717) is 60.4 Å². The number of allylic oxidation sites excluding steroid dienone is 4.